The summed E-state index contributed by atoms with van der Waals surface area (Å²) in [5, 5.41) is 13.0. The summed E-state index contributed by atoms with van der Waals surface area (Å²) in [6, 6.07) is 17.9. The monoisotopic (exact) mass is 641 g/mol. The molecule has 1 unspecified atom stereocenters. The zero-order valence-electron chi connectivity index (χ0n) is 27.9. The van der Waals surface area contributed by atoms with E-state index >= 15 is 0 Å². The Morgan fingerprint density at radius 3 is 2.53 bits per heavy atom. The highest BCUT2D eigenvalue weighted by Crippen LogP contribution is 2.56. The highest BCUT2D eigenvalue weighted by atomic mass is 16.5. The summed E-state index contributed by atoms with van der Waals surface area (Å²) in [6.07, 6.45) is 2.69. The van der Waals surface area contributed by atoms with Gasteiger partial charge in [-0.05, 0) is 47.6 Å². The minimum Gasteiger partial charge on any atom is -0.504 e. The molecule has 3 atom stereocenters. The number of anilines is 1. The Kier molecular flexibility index (Phi) is 8.76. The molecular weight excluding hydrogens is 594 g/mol. The number of likely N-dealkylation sites (tertiary alicyclic amines) is 1. The van der Waals surface area contributed by atoms with E-state index in [1.165, 1.54) is 4.90 Å². The maximum absolute atomic E-state index is 14.6. The first-order valence-electron chi connectivity index (χ1n) is 17.1. The van der Waals surface area contributed by atoms with Gasteiger partial charge >= 0.3 is 6.03 Å². The van der Waals surface area contributed by atoms with Gasteiger partial charge in [0, 0.05) is 76.9 Å². The van der Waals surface area contributed by atoms with Crippen molar-refractivity contribution in [1.29, 1.82) is 0 Å². The van der Waals surface area contributed by atoms with E-state index in [0.717, 1.165) is 59.9 Å². The fourth-order valence-corrected chi connectivity index (χ4v) is 8.30. The number of fused-ring (bicyclic) bond motifs is 1. The third-order valence-electron chi connectivity index (χ3n) is 10.6. The number of nitrogens with zero attached hydrogens (tertiary/aromatic N) is 5. The summed E-state index contributed by atoms with van der Waals surface area (Å²) in [4.78, 5) is 39.2. The molecule has 4 saturated heterocycles. The van der Waals surface area contributed by atoms with Crippen molar-refractivity contribution in [2.75, 3.05) is 78.1 Å². The zero-order valence-corrected chi connectivity index (χ0v) is 27.9. The quantitative estimate of drug-likeness (QED) is 0.238. The van der Waals surface area contributed by atoms with Crippen LogP contribution in [0.3, 0.4) is 0 Å². The van der Waals surface area contributed by atoms with Crippen molar-refractivity contribution in [3.05, 3.63) is 65.7 Å². The van der Waals surface area contributed by atoms with Crippen LogP contribution in [-0.4, -0.2) is 115 Å². The Bertz CT molecular complexity index is 1640. The van der Waals surface area contributed by atoms with E-state index < -0.39 is 5.54 Å². The van der Waals surface area contributed by atoms with Crippen LogP contribution in [0.5, 0.6) is 11.5 Å². The molecule has 10 heteroatoms. The summed E-state index contributed by atoms with van der Waals surface area (Å²) in [6.45, 7) is 8.42. The first-order chi connectivity index (χ1) is 22.8. The number of carbonyl (C=O) groups is 2. The van der Waals surface area contributed by atoms with Gasteiger partial charge in [-0.15, -0.1) is 0 Å². The fraction of sp³-hybridized carbons (Fsp3) is 0.514. The molecule has 7 rings (SSSR count). The number of aromatic hydroxyl groups is 1. The third-order valence-corrected chi connectivity index (χ3v) is 10.6. The van der Waals surface area contributed by atoms with Crippen LogP contribution in [0.15, 0.2) is 54.6 Å². The number of hydrogen-bond acceptors (Lipinski definition) is 8. The zero-order chi connectivity index (χ0) is 32.7. The van der Waals surface area contributed by atoms with Gasteiger partial charge in [-0.1, -0.05) is 49.7 Å². The molecule has 3 aromatic rings. The second-order valence-electron chi connectivity index (χ2n) is 13.7. The molecule has 1 N–H and O–H groups in total. The lowest BCUT2D eigenvalue weighted by atomic mass is 9.87. The summed E-state index contributed by atoms with van der Waals surface area (Å²) in [5.74, 6) is 0.553. The van der Waals surface area contributed by atoms with Crippen LogP contribution < -0.4 is 9.64 Å². The SMILES string of the molecule is CCCCOc1ccc(CN2C[C@H]3C[C@@H](c4ccc(N(C)C)c5ccccc45)N4C(=O)N(CCN5CCOCC5)C(=O)C34C2)cc1O. The topological polar surface area (TPSA) is 89.0 Å². The van der Waals surface area contributed by atoms with Gasteiger partial charge in [0.25, 0.3) is 5.91 Å². The lowest BCUT2D eigenvalue weighted by Crippen LogP contribution is -2.51. The van der Waals surface area contributed by atoms with E-state index in [2.05, 4.69) is 58.0 Å². The van der Waals surface area contributed by atoms with Gasteiger partial charge in [-0.25, -0.2) is 4.79 Å². The standard InChI is InChI=1S/C37H47N5O5/c1-4-5-18-47-34-13-10-26(21-33(34)43)23-40-24-27-22-32(30-11-12-31(38(2)3)29-9-7-6-8-28(29)30)42-36(45)41(35(44)37(27,42)25-40)15-14-39-16-19-46-20-17-39/h6-13,21,27,32,43H,4-5,14-20,22-25H2,1-3H3/t27-,32+,37?/m1/s1. The minimum atomic E-state index is -0.917. The Labute approximate surface area is 277 Å². The molecule has 250 valence electrons. The molecule has 4 aliphatic heterocycles. The number of ether oxygens (including phenoxy) is 2. The third kappa shape index (κ3) is 5.60. The van der Waals surface area contributed by atoms with Crippen molar-refractivity contribution in [2.45, 2.75) is 44.3 Å². The number of morpholine rings is 1. The lowest BCUT2D eigenvalue weighted by Gasteiger charge is -2.32. The van der Waals surface area contributed by atoms with Gasteiger partial charge in [-0.2, -0.15) is 0 Å². The van der Waals surface area contributed by atoms with Crippen LogP contribution in [0, 0.1) is 5.92 Å². The van der Waals surface area contributed by atoms with Crippen molar-refractivity contribution in [1.82, 2.24) is 19.6 Å². The average Bonchev–Trinajstić information content (AvgIpc) is 3.65. The fourth-order valence-electron chi connectivity index (χ4n) is 8.30. The summed E-state index contributed by atoms with van der Waals surface area (Å²) in [5.41, 5.74) is 2.27. The normalized spacial score (nSPS) is 24.7. The van der Waals surface area contributed by atoms with Crippen LogP contribution in [0.25, 0.3) is 10.8 Å². The highest BCUT2D eigenvalue weighted by Gasteiger charge is 2.70. The van der Waals surface area contributed by atoms with E-state index in [1.807, 2.05) is 31.1 Å². The van der Waals surface area contributed by atoms with Crippen molar-refractivity contribution < 1.29 is 24.2 Å². The lowest BCUT2D eigenvalue weighted by molar-refractivity contribution is -0.133. The molecule has 4 fully saturated rings. The molecule has 0 radical (unpaired) electrons. The molecule has 4 aliphatic rings. The first kappa shape index (κ1) is 31.7. The van der Waals surface area contributed by atoms with Crippen molar-refractivity contribution in [3.63, 3.8) is 0 Å². The van der Waals surface area contributed by atoms with Crippen LogP contribution >= 0.6 is 0 Å². The first-order valence-corrected chi connectivity index (χ1v) is 17.1. The van der Waals surface area contributed by atoms with Crippen molar-refractivity contribution in [2.24, 2.45) is 5.92 Å². The summed E-state index contributed by atoms with van der Waals surface area (Å²) in [7, 11) is 4.10. The molecule has 10 nitrogen and oxygen atoms in total. The number of amides is 3. The van der Waals surface area contributed by atoms with Crippen molar-refractivity contribution >= 4 is 28.4 Å². The molecule has 1 spiro atoms. The van der Waals surface area contributed by atoms with Gasteiger partial charge in [0.1, 0.15) is 5.54 Å². The van der Waals surface area contributed by atoms with Crippen LogP contribution in [0.2, 0.25) is 0 Å². The van der Waals surface area contributed by atoms with E-state index in [1.54, 1.807) is 6.07 Å². The Balaban J connectivity index is 1.19. The highest BCUT2D eigenvalue weighted by molar-refractivity contribution is 6.09. The number of unbranched alkanes of at least 4 members (excludes halogenated alkanes) is 1. The van der Waals surface area contributed by atoms with Crippen LogP contribution in [0.4, 0.5) is 10.5 Å². The Morgan fingerprint density at radius 1 is 1.00 bits per heavy atom. The predicted molar refractivity (Wildman–Crippen MR) is 182 cm³/mol. The van der Waals surface area contributed by atoms with E-state index in [0.29, 0.717) is 58.3 Å². The maximum atomic E-state index is 14.6. The average molecular weight is 642 g/mol. The molecule has 47 heavy (non-hydrogen) atoms. The van der Waals surface area contributed by atoms with Crippen LogP contribution in [-0.2, 0) is 16.1 Å². The largest absolute Gasteiger partial charge is 0.504 e. The van der Waals surface area contributed by atoms with E-state index in [4.69, 9.17) is 9.47 Å². The van der Waals surface area contributed by atoms with E-state index in [9.17, 15) is 14.7 Å². The number of phenols is 1. The Hall–Kier alpha value is -3.86. The molecule has 0 saturated carbocycles. The molecule has 0 aliphatic carbocycles. The van der Waals surface area contributed by atoms with Gasteiger partial charge < -0.3 is 24.4 Å². The maximum Gasteiger partial charge on any atom is 0.328 e. The molecule has 0 aromatic heterocycles. The number of hydrogen-bond donors (Lipinski definition) is 1. The second kappa shape index (κ2) is 13.0. The number of benzene rings is 3. The van der Waals surface area contributed by atoms with Gasteiger partial charge in [0.15, 0.2) is 11.5 Å². The second-order valence-corrected chi connectivity index (χ2v) is 13.7. The smallest absolute Gasteiger partial charge is 0.328 e. The molecular formula is C37H47N5O5. The summed E-state index contributed by atoms with van der Waals surface area (Å²) >= 11 is 0. The molecule has 3 aromatic carbocycles. The van der Waals surface area contributed by atoms with Gasteiger partial charge in [0.2, 0.25) is 0 Å². The predicted octanol–water partition coefficient (Wildman–Crippen LogP) is 4.70. The number of rotatable bonds is 11. The number of carbonyl (C=O) groups excluding carboxylic acids is 2. The summed E-state index contributed by atoms with van der Waals surface area (Å²) < 4.78 is 11.3. The Morgan fingerprint density at radius 2 is 1.79 bits per heavy atom. The van der Waals surface area contributed by atoms with Crippen molar-refractivity contribution in [3.8, 4) is 11.5 Å². The van der Waals surface area contributed by atoms with Gasteiger partial charge in [0.05, 0.1) is 25.9 Å². The number of phenolic OH excluding ortho intramolecular Hbond substituents is 1. The number of urea groups is 1. The minimum absolute atomic E-state index is 0.00475. The van der Waals surface area contributed by atoms with Gasteiger partial charge in [-0.3, -0.25) is 19.5 Å². The molecule has 0 bridgehead atoms. The van der Waals surface area contributed by atoms with E-state index in [-0.39, 0.29) is 29.6 Å². The number of imide groups is 1. The molecule has 3 amide bonds. The van der Waals surface area contributed by atoms with Crippen LogP contribution in [0.1, 0.15) is 43.4 Å². The molecule has 4 heterocycles.